The van der Waals surface area contributed by atoms with Gasteiger partial charge in [0, 0.05) is 29.6 Å². The van der Waals surface area contributed by atoms with E-state index in [0.717, 1.165) is 53.7 Å². The summed E-state index contributed by atoms with van der Waals surface area (Å²) in [5, 5.41) is 16.1. The van der Waals surface area contributed by atoms with Crippen LogP contribution in [0.2, 0.25) is 5.02 Å². The first-order valence-corrected chi connectivity index (χ1v) is 13.0. The molecule has 2 aromatic rings. The van der Waals surface area contributed by atoms with Gasteiger partial charge in [-0.05, 0) is 94.1 Å². The van der Waals surface area contributed by atoms with Gasteiger partial charge in [-0.25, -0.2) is 4.98 Å². The smallest absolute Gasteiger partial charge is 0.229 e. The number of rotatable bonds is 6. The number of carbonyl (C=O) groups is 1. The molecule has 4 atom stereocenters. The number of anilines is 1. The molecule has 0 bridgehead atoms. The van der Waals surface area contributed by atoms with Crippen LogP contribution in [0.5, 0.6) is 0 Å². The zero-order chi connectivity index (χ0) is 25.0. The Labute approximate surface area is 212 Å². The fourth-order valence-corrected chi connectivity index (χ4v) is 6.17. The Bertz CT molecular complexity index is 1120. The van der Waals surface area contributed by atoms with E-state index < -0.39 is 6.10 Å². The minimum atomic E-state index is -0.448. The number of hydrogen-bond acceptors (Lipinski definition) is 6. The summed E-state index contributed by atoms with van der Waals surface area (Å²) < 4.78 is 11.1. The van der Waals surface area contributed by atoms with Gasteiger partial charge in [-0.2, -0.15) is 0 Å². The number of fused-ring (bicyclic) bond motifs is 1. The SMILES string of the molecule is COC(C)(C)[C@H]1C[C@@H]1C(=O)Nc1cc2cc(C3CCN([C@]4(C)COC[C@@H]4O)CC3)c(Cl)cc2cn1. The van der Waals surface area contributed by atoms with Gasteiger partial charge in [-0.15, -0.1) is 0 Å². The molecular weight excluding hydrogens is 466 g/mol. The number of methoxy groups -OCH3 is 1. The van der Waals surface area contributed by atoms with Gasteiger partial charge in [-0.3, -0.25) is 9.69 Å². The molecule has 3 heterocycles. The van der Waals surface area contributed by atoms with Crippen LogP contribution in [0, 0.1) is 11.8 Å². The molecule has 7 nitrogen and oxygen atoms in total. The van der Waals surface area contributed by atoms with Crippen molar-refractivity contribution in [2.45, 2.75) is 63.2 Å². The molecule has 3 aliphatic rings. The topological polar surface area (TPSA) is 83.9 Å². The number of pyridine rings is 1. The van der Waals surface area contributed by atoms with Crippen molar-refractivity contribution in [1.82, 2.24) is 9.88 Å². The minimum Gasteiger partial charge on any atom is -0.389 e. The van der Waals surface area contributed by atoms with Gasteiger partial charge in [-0.1, -0.05) is 11.6 Å². The second kappa shape index (κ2) is 9.27. The summed E-state index contributed by atoms with van der Waals surface area (Å²) in [5.74, 6) is 1.10. The van der Waals surface area contributed by atoms with Crippen LogP contribution in [-0.2, 0) is 14.3 Å². The van der Waals surface area contributed by atoms with Crippen LogP contribution in [-0.4, -0.2) is 71.6 Å². The first-order valence-electron chi connectivity index (χ1n) is 12.6. The lowest BCUT2D eigenvalue weighted by Crippen LogP contribution is -2.56. The normalized spacial score (nSPS) is 30.1. The summed E-state index contributed by atoms with van der Waals surface area (Å²) in [7, 11) is 1.69. The zero-order valence-corrected chi connectivity index (χ0v) is 21.8. The maximum absolute atomic E-state index is 12.8. The fourth-order valence-electron chi connectivity index (χ4n) is 5.84. The maximum atomic E-state index is 12.8. The summed E-state index contributed by atoms with van der Waals surface area (Å²) in [6.45, 7) is 8.92. The highest BCUT2D eigenvalue weighted by Crippen LogP contribution is 2.48. The average Bonchev–Trinajstić information content (AvgIpc) is 3.59. The number of piperidine rings is 1. The first kappa shape index (κ1) is 24.9. The van der Waals surface area contributed by atoms with E-state index in [9.17, 15) is 9.90 Å². The van der Waals surface area contributed by atoms with Crippen LogP contribution in [0.15, 0.2) is 24.4 Å². The van der Waals surface area contributed by atoms with Crippen LogP contribution < -0.4 is 5.32 Å². The van der Waals surface area contributed by atoms with E-state index in [1.807, 2.05) is 26.0 Å². The van der Waals surface area contributed by atoms with Crippen molar-refractivity contribution in [3.05, 3.63) is 35.0 Å². The van der Waals surface area contributed by atoms with E-state index >= 15 is 0 Å². The Morgan fingerprint density at radius 2 is 2.03 bits per heavy atom. The molecule has 8 heteroatoms. The first-order chi connectivity index (χ1) is 16.6. The molecule has 1 aromatic carbocycles. The Morgan fingerprint density at radius 3 is 2.69 bits per heavy atom. The molecule has 0 radical (unpaired) electrons. The van der Waals surface area contributed by atoms with Gasteiger partial charge in [0.15, 0.2) is 0 Å². The zero-order valence-electron chi connectivity index (χ0n) is 21.0. The van der Waals surface area contributed by atoms with Crippen molar-refractivity contribution in [3.63, 3.8) is 0 Å². The summed E-state index contributed by atoms with van der Waals surface area (Å²) in [4.78, 5) is 19.6. The number of benzene rings is 1. The summed E-state index contributed by atoms with van der Waals surface area (Å²) in [6, 6.07) is 6.07. The molecule has 1 aliphatic carbocycles. The summed E-state index contributed by atoms with van der Waals surface area (Å²) >= 11 is 6.71. The number of hydrogen-bond donors (Lipinski definition) is 2. The molecule has 1 aromatic heterocycles. The predicted octanol–water partition coefficient (Wildman–Crippen LogP) is 4.22. The van der Waals surface area contributed by atoms with E-state index in [0.29, 0.717) is 24.9 Å². The summed E-state index contributed by atoms with van der Waals surface area (Å²) in [5.41, 5.74) is 0.524. The van der Waals surface area contributed by atoms with Crippen LogP contribution in [0.1, 0.15) is 51.5 Å². The van der Waals surface area contributed by atoms with Gasteiger partial charge in [0.05, 0.1) is 30.5 Å². The quantitative estimate of drug-likeness (QED) is 0.616. The number of nitrogens with one attached hydrogen (secondary N) is 1. The number of nitrogens with zero attached hydrogens (tertiary/aromatic N) is 2. The highest BCUT2D eigenvalue weighted by molar-refractivity contribution is 6.32. The molecule has 1 amide bonds. The maximum Gasteiger partial charge on any atom is 0.229 e. The molecule has 2 N–H and O–H groups in total. The second-order valence-electron chi connectivity index (χ2n) is 11.2. The fraction of sp³-hybridized carbons (Fsp3) is 0.630. The number of aliphatic hydroxyl groups excluding tert-OH is 1. The van der Waals surface area contributed by atoms with E-state index in [-0.39, 0.29) is 28.9 Å². The predicted molar refractivity (Wildman–Crippen MR) is 137 cm³/mol. The van der Waals surface area contributed by atoms with Gasteiger partial charge in [0.2, 0.25) is 5.91 Å². The number of aromatic nitrogens is 1. The third-order valence-electron chi connectivity index (χ3n) is 8.68. The lowest BCUT2D eigenvalue weighted by Gasteiger charge is -2.43. The monoisotopic (exact) mass is 501 g/mol. The Kier molecular flexibility index (Phi) is 6.60. The van der Waals surface area contributed by atoms with Crippen molar-refractivity contribution in [2.24, 2.45) is 11.8 Å². The molecule has 0 spiro atoms. The number of carbonyl (C=O) groups excluding carboxylic acids is 1. The Hall–Kier alpha value is -1.77. The van der Waals surface area contributed by atoms with Crippen LogP contribution in [0.25, 0.3) is 10.8 Å². The standard InChI is InChI=1S/C27H36ClN3O4/c1-26(2,34-4)21-12-20(21)25(33)30-24-11-17-9-19(22(28)10-18(17)13-29-24)16-5-7-31(8-6-16)27(3)15-35-14-23(27)32/h9-11,13,16,20-21,23,32H,5-8,12,14-15H2,1-4H3,(H,29,30,33)/t20-,21-,23-,27+/m0/s1. The molecule has 2 saturated heterocycles. The lowest BCUT2D eigenvalue weighted by atomic mass is 9.85. The number of halogens is 1. The molecule has 2 aliphatic heterocycles. The molecule has 35 heavy (non-hydrogen) atoms. The van der Waals surface area contributed by atoms with Crippen molar-refractivity contribution in [1.29, 1.82) is 0 Å². The van der Waals surface area contributed by atoms with Crippen molar-refractivity contribution < 1.29 is 19.4 Å². The third kappa shape index (κ3) is 4.69. The highest BCUT2D eigenvalue weighted by atomic mass is 35.5. The third-order valence-corrected chi connectivity index (χ3v) is 9.01. The Balaban J connectivity index is 1.28. The minimum absolute atomic E-state index is 0.000101. The van der Waals surface area contributed by atoms with Crippen molar-refractivity contribution >= 4 is 34.1 Å². The molecule has 190 valence electrons. The molecule has 0 unspecified atom stereocenters. The van der Waals surface area contributed by atoms with Crippen molar-refractivity contribution in [2.75, 3.05) is 38.7 Å². The second-order valence-corrected chi connectivity index (χ2v) is 11.6. The highest BCUT2D eigenvalue weighted by Gasteiger charge is 2.52. The average molecular weight is 502 g/mol. The van der Waals surface area contributed by atoms with E-state index in [1.165, 1.54) is 0 Å². The van der Waals surface area contributed by atoms with E-state index in [4.69, 9.17) is 21.1 Å². The van der Waals surface area contributed by atoms with Gasteiger partial charge in [0.25, 0.3) is 0 Å². The van der Waals surface area contributed by atoms with Crippen LogP contribution >= 0.6 is 11.6 Å². The Morgan fingerprint density at radius 1 is 1.29 bits per heavy atom. The van der Waals surface area contributed by atoms with Crippen molar-refractivity contribution in [3.8, 4) is 0 Å². The molecule has 3 fully saturated rings. The molecular formula is C27H36ClN3O4. The largest absolute Gasteiger partial charge is 0.389 e. The number of aliphatic hydroxyl groups is 1. The molecule has 1 saturated carbocycles. The molecule has 5 rings (SSSR count). The van der Waals surface area contributed by atoms with E-state index in [1.54, 1.807) is 13.3 Å². The van der Waals surface area contributed by atoms with Gasteiger partial charge >= 0.3 is 0 Å². The number of amides is 1. The van der Waals surface area contributed by atoms with E-state index in [2.05, 4.69) is 28.2 Å². The van der Waals surface area contributed by atoms with Gasteiger partial charge in [0.1, 0.15) is 5.82 Å². The van der Waals surface area contributed by atoms with Gasteiger partial charge < -0.3 is 19.9 Å². The van der Waals surface area contributed by atoms with Crippen LogP contribution in [0.4, 0.5) is 5.82 Å². The number of likely N-dealkylation sites (tertiary alicyclic amines) is 1. The lowest BCUT2D eigenvalue weighted by molar-refractivity contribution is -0.118. The van der Waals surface area contributed by atoms with Crippen LogP contribution in [0.3, 0.4) is 0 Å². The summed E-state index contributed by atoms with van der Waals surface area (Å²) in [6.07, 6.45) is 4.10. The number of ether oxygens (including phenoxy) is 2.